The fourth-order valence-corrected chi connectivity index (χ4v) is 2.28. The molecule has 3 heteroatoms. The van der Waals surface area contributed by atoms with Crippen LogP contribution in [0.4, 0.5) is 0 Å². The number of hydrogen-bond donors (Lipinski definition) is 2. The average Bonchev–Trinajstić information content (AvgIpc) is 2.27. The summed E-state index contributed by atoms with van der Waals surface area (Å²) in [4.78, 5) is 11.5. The molecule has 0 aliphatic heterocycles. The highest BCUT2D eigenvalue weighted by Crippen LogP contribution is 2.26. The second kappa shape index (κ2) is 8.51. The molecule has 0 bridgehead atoms. The Hall–Kier alpha value is -0.570. The van der Waals surface area contributed by atoms with E-state index in [-0.39, 0.29) is 12.0 Å². The standard InChI is InChI=1S/C14H27NO2/c1-2-3-4-5-6-7-8-14(17)15-11-12-9-13(16)10-12/h12-13,16H,2-11H2,1H3,(H,15,17). The van der Waals surface area contributed by atoms with Crippen LogP contribution in [0.15, 0.2) is 0 Å². The van der Waals surface area contributed by atoms with Crippen molar-refractivity contribution in [1.82, 2.24) is 5.32 Å². The van der Waals surface area contributed by atoms with Gasteiger partial charge in [-0.1, -0.05) is 39.0 Å². The molecule has 0 saturated heterocycles. The van der Waals surface area contributed by atoms with E-state index in [1.807, 2.05) is 0 Å². The maximum absolute atomic E-state index is 11.5. The van der Waals surface area contributed by atoms with Crippen molar-refractivity contribution in [2.45, 2.75) is 70.8 Å². The SMILES string of the molecule is CCCCCCCCC(=O)NCC1CC(O)C1. The number of aliphatic hydroxyl groups is 1. The minimum atomic E-state index is -0.115. The molecule has 0 heterocycles. The van der Waals surface area contributed by atoms with Crippen LogP contribution in [0.5, 0.6) is 0 Å². The molecule has 1 saturated carbocycles. The van der Waals surface area contributed by atoms with Gasteiger partial charge in [-0.15, -0.1) is 0 Å². The molecule has 1 amide bonds. The Morgan fingerprint density at radius 2 is 1.82 bits per heavy atom. The maximum atomic E-state index is 11.5. The molecule has 0 atom stereocenters. The van der Waals surface area contributed by atoms with Crippen molar-refractivity contribution in [2.24, 2.45) is 5.92 Å². The zero-order valence-electron chi connectivity index (χ0n) is 11.1. The van der Waals surface area contributed by atoms with Gasteiger partial charge in [-0.05, 0) is 25.2 Å². The molecule has 0 aromatic heterocycles. The lowest BCUT2D eigenvalue weighted by molar-refractivity contribution is -0.121. The number of rotatable bonds is 9. The molecule has 1 rings (SSSR count). The lowest BCUT2D eigenvalue weighted by Crippen LogP contribution is -2.38. The summed E-state index contributed by atoms with van der Waals surface area (Å²) in [6, 6.07) is 0. The van der Waals surface area contributed by atoms with Gasteiger partial charge in [0.25, 0.3) is 0 Å². The average molecular weight is 241 g/mol. The zero-order valence-corrected chi connectivity index (χ0v) is 11.1. The van der Waals surface area contributed by atoms with Gasteiger partial charge in [0.05, 0.1) is 6.10 Å². The highest BCUT2D eigenvalue weighted by Gasteiger charge is 2.26. The first-order valence-electron chi connectivity index (χ1n) is 7.17. The molecule has 2 N–H and O–H groups in total. The van der Waals surface area contributed by atoms with E-state index in [9.17, 15) is 4.79 Å². The molecule has 1 aliphatic carbocycles. The molecule has 0 aromatic rings. The highest BCUT2D eigenvalue weighted by atomic mass is 16.3. The summed E-state index contributed by atoms with van der Waals surface area (Å²) in [5.74, 6) is 0.695. The van der Waals surface area contributed by atoms with Gasteiger partial charge >= 0.3 is 0 Å². The molecular weight excluding hydrogens is 214 g/mol. The van der Waals surface area contributed by atoms with Crippen molar-refractivity contribution in [2.75, 3.05) is 6.54 Å². The van der Waals surface area contributed by atoms with Crippen molar-refractivity contribution < 1.29 is 9.90 Å². The number of amides is 1. The maximum Gasteiger partial charge on any atom is 0.220 e. The van der Waals surface area contributed by atoms with E-state index in [2.05, 4.69) is 12.2 Å². The van der Waals surface area contributed by atoms with E-state index in [4.69, 9.17) is 5.11 Å². The summed E-state index contributed by atoms with van der Waals surface area (Å²) in [5, 5.41) is 12.1. The topological polar surface area (TPSA) is 49.3 Å². The van der Waals surface area contributed by atoms with Gasteiger partial charge in [-0.25, -0.2) is 0 Å². The van der Waals surface area contributed by atoms with Gasteiger partial charge in [0.1, 0.15) is 0 Å². The fraction of sp³-hybridized carbons (Fsp3) is 0.929. The van der Waals surface area contributed by atoms with Gasteiger partial charge < -0.3 is 10.4 Å². The summed E-state index contributed by atoms with van der Waals surface area (Å²) in [5.41, 5.74) is 0. The van der Waals surface area contributed by atoms with Crippen LogP contribution in [0.25, 0.3) is 0 Å². The van der Waals surface area contributed by atoms with Crippen molar-refractivity contribution >= 4 is 5.91 Å². The molecular formula is C14H27NO2. The summed E-state index contributed by atoms with van der Waals surface area (Å²) in [7, 11) is 0. The second-order valence-electron chi connectivity index (χ2n) is 5.31. The van der Waals surface area contributed by atoms with Gasteiger partial charge in [0.15, 0.2) is 0 Å². The number of carbonyl (C=O) groups is 1. The molecule has 0 unspecified atom stereocenters. The first-order chi connectivity index (χ1) is 8.22. The number of unbranched alkanes of at least 4 members (excludes halogenated alkanes) is 5. The van der Waals surface area contributed by atoms with Crippen LogP contribution in [0, 0.1) is 5.92 Å². The number of aliphatic hydroxyl groups excluding tert-OH is 1. The lowest BCUT2D eigenvalue weighted by atomic mass is 9.82. The van der Waals surface area contributed by atoms with Gasteiger partial charge in [-0.3, -0.25) is 4.79 Å². The minimum absolute atomic E-state index is 0.115. The first kappa shape index (κ1) is 14.5. The fourth-order valence-electron chi connectivity index (χ4n) is 2.28. The third-order valence-corrected chi connectivity index (χ3v) is 3.56. The molecule has 17 heavy (non-hydrogen) atoms. The zero-order chi connectivity index (χ0) is 12.5. The van der Waals surface area contributed by atoms with Crippen LogP contribution in [-0.2, 0) is 4.79 Å². The highest BCUT2D eigenvalue weighted by molar-refractivity contribution is 5.75. The Balaban J connectivity index is 1.84. The Morgan fingerprint density at radius 3 is 2.47 bits per heavy atom. The van der Waals surface area contributed by atoms with Crippen molar-refractivity contribution in [3.05, 3.63) is 0 Å². The Kier molecular flexibility index (Phi) is 7.25. The van der Waals surface area contributed by atoms with Gasteiger partial charge in [0.2, 0.25) is 5.91 Å². The predicted molar refractivity (Wildman–Crippen MR) is 69.7 cm³/mol. The van der Waals surface area contributed by atoms with E-state index < -0.39 is 0 Å². The Morgan fingerprint density at radius 1 is 1.18 bits per heavy atom. The van der Waals surface area contributed by atoms with Crippen molar-refractivity contribution in [3.8, 4) is 0 Å². The Labute approximate surface area is 105 Å². The summed E-state index contributed by atoms with van der Waals surface area (Å²) in [6.07, 6.45) is 9.61. The largest absolute Gasteiger partial charge is 0.393 e. The molecule has 1 fully saturated rings. The molecule has 1 aliphatic rings. The van der Waals surface area contributed by atoms with Crippen molar-refractivity contribution in [3.63, 3.8) is 0 Å². The summed E-state index contributed by atoms with van der Waals surface area (Å²) >= 11 is 0. The summed E-state index contributed by atoms with van der Waals surface area (Å²) in [6.45, 7) is 2.97. The van der Waals surface area contributed by atoms with Gasteiger partial charge in [-0.2, -0.15) is 0 Å². The van der Waals surface area contributed by atoms with E-state index >= 15 is 0 Å². The molecule has 3 nitrogen and oxygen atoms in total. The molecule has 100 valence electrons. The van der Waals surface area contributed by atoms with E-state index in [1.165, 1.54) is 32.1 Å². The number of hydrogen-bond acceptors (Lipinski definition) is 2. The van der Waals surface area contributed by atoms with Crippen LogP contribution in [0.3, 0.4) is 0 Å². The second-order valence-corrected chi connectivity index (χ2v) is 5.31. The van der Waals surface area contributed by atoms with Crippen molar-refractivity contribution in [1.29, 1.82) is 0 Å². The van der Waals surface area contributed by atoms with E-state index in [1.54, 1.807) is 0 Å². The molecule has 0 spiro atoms. The predicted octanol–water partition coefficient (Wildman–Crippen LogP) is 2.62. The number of carbonyl (C=O) groups excluding carboxylic acids is 1. The monoisotopic (exact) mass is 241 g/mol. The lowest BCUT2D eigenvalue weighted by Gasteiger charge is -2.31. The quantitative estimate of drug-likeness (QED) is 0.610. The third kappa shape index (κ3) is 6.67. The van der Waals surface area contributed by atoms with Crippen LogP contribution < -0.4 is 5.32 Å². The number of nitrogens with one attached hydrogen (secondary N) is 1. The minimum Gasteiger partial charge on any atom is -0.393 e. The van der Waals surface area contributed by atoms with E-state index in [0.29, 0.717) is 12.3 Å². The summed E-state index contributed by atoms with van der Waals surface area (Å²) < 4.78 is 0. The third-order valence-electron chi connectivity index (χ3n) is 3.56. The Bertz CT molecular complexity index is 212. The normalized spacial score (nSPS) is 23.2. The van der Waals surface area contributed by atoms with Gasteiger partial charge in [0, 0.05) is 13.0 Å². The van der Waals surface area contributed by atoms with Crippen LogP contribution in [-0.4, -0.2) is 23.7 Å². The van der Waals surface area contributed by atoms with Crippen LogP contribution in [0.1, 0.15) is 64.7 Å². The van der Waals surface area contributed by atoms with Crippen LogP contribution >= 0.6 is 0 Å². The van der Waals surface area contributed by atoms with Crippen LogP contribution in [0.2, 0.25) is 0 Å². The first-order valence-corrected chi connectivity index (χ1v) is 7.17. The smallest absolute Gasteiger partial charge is 0.220 e. The van der Waals surface area contributed by atoms with E-state index in [0.717, 1.165) is 25.8 Å². The molecule has 0 radical (unpaired) electrons. The molecule has 0 aromatic carbocycles.